The van der Waals surface area contributed by atoms with Gasteiger partial charge in [0.2, 0.25) is 0 Å². The molecule has 2 aromatic rings. The molecule has 130 valence electrons. The molecule has 0 unspecified atom stereocenters. The van der Waals surface area contributed by atoms with Gasteiger partial charge in [-0.2, -0.15) is 0 Å². The number of carbonyl (C=O) groups is 2. The highest BCUT2D eigenvalue weighted by Crippen LogP contribution is 2.20. The number of nitrogens with zero attached hydrogens (tertiary/aromatic N) is 2. The van der Waals surface area contributed by atoms with Crippen molar-refractivity contribution in [3.63, 3.8) is 0 Å². The van der Waals surface area contributed by atoms with Crippen LogP contribution in [0.4, 0.5) is 11.4 Å². The van der Waals surface area contributed by atoms with Crippen LogP contribution in [0.5, 0.6) is 0 Å². The number of amides is 2. The number of non-ortho nitro benzene ring substituents is 1. The summed E-state index contributed by atoms with van der Waals surface area (Å²) in [6, 6.07) is 12.2. The van der Waals surface area contributed by atoms with Crippen LogP contribution in [0.2, 0.25) is 0 Å². The number of hydrogen-bond donors (Lipinski definition) is 1. The summed E-state index contributed by atoms with van der Waals surface area (Å²) < 4.78 is 0. The van der Waals surface area contributed by atoms with E-state index in [-0.39, 0.29) is 17.5 Å². The number of nitro benzene ring substituents is 1. The number of rotatable bonds is 6. The van der Waals surface area contributed by atoms with E-state index in [4.69, 9.17) is 0 Å². The first-order valence-corrected chi connectivity index (χ1v) is 7.84. The van der Waals surface area contributed by atoms with Gasteiger partial charge in [0.1, 0.15) is 0 Å². The van der Waals surface area contributed by atoms with E-state index in [9.17, 15) is 19.7 Å². The van der Waals surface area contributed by atoms with Gasteiger partial charge in [0, 0.05) is 42.5 Å². The molecule has 2 amide bonds. The average molecular weight is 341 g/mol. The zero-order valence-electron chi connectivity index (χ0n) is 14.1. The van der Waals surface area contributed by atoms with Crippen molar-refractivity contribution in [1.82, 2.24) is 5.32 Å². The standard InChI is InChI=1S/C18H19N3O4/c1-3-11-19-17(22)13-5-4-6-14(12-13)18(23)20(2)15-7-9-16(10-8-15)21(24)25/h4-10,12H,3,11H2,1-2H3,(H,19,22). The monoisotopic (exact) mass is 341 g/mol. The van der Waals surface area contributed by atoms with Gasteiger partial charge in [0.25, 0.3) is 17.5 Å². The molecule has 7 heteroatoms. The summed E-state index contributed by atoms with van der Waals surface area (Å²) in [4.78, 5) is 36.2. The lowest BCUT2D eigenvalue weighted by molar-refractivity contribution is -0.384. The van der Waals surface area contributed by atoms with Crippen molar-refractivity contribution in [1.29, 1.82) is 0 Å². The lowest BCUT2D eigenvalue weighted by Gasteiger charge is -2.17. The molecule has 0 fully saturated rings. The number of nitrogens with one attached hydrogen (secondary N) is 1. The van der Waals surface area contributed by atoms with Crippen LogP contribution in [0.15, 0.2) is 48.5 Å². The summed E-state index contributed by atoms with van der Waals surface area (Å²) in [6.45, 7) is 2.53. The Hall–Kier alpha value is -3.22. The van der Waals surface area contributed by atoms with Crippen molar-refractivity contribution >= 4 is 23.2 Å². The fourth-order valence-corrected chi connectivity index (χ4v) is 2.24. The molecule has 0 aliphatic heterocycles. The maximum atomic E-state index is 12.6. The Morgan fingerprint density at radius 1 is 1.12 bits per heavy atom. The normalized spacial score (nSPS) is 10.2. The van der Waals surface area contributed by atoms with Crippen molar-refractivity contribution in [3.05, 3.63) is 69.8 Å². The average Bonchev–Trinajstić information content (AvgIpc) is 2.65. The number of hydrogen-bond acceptors (Lipinski definition) is 4. The molecule has 0 aliphatic carbocycles. The molecule has 2 rings (SSSR count). The first-order valence-electron chi connectivity index (χ1n) is 7.84. The summed E-state index contributed by atoms with van der Waals surface area (Å²) >= 11 is 0. The maximum absolute atomic E-state index is 12.6. The van der Waals surface area contributed by atoms with Crippen molar-refractivity contribution in [2.45, 2.75) is 13.3 Å². The van der Waals surface area contributed by atoms with Crippen LogP contribution in [0, 0.1) is 10.1 Å². The molecule has 0 spiro atoms. The molecule has 0 saturated carbocycles. The fraction of sp³-hybridized carbons (Fsp3) is 0.222. The molecular weight excluding hydrogens is 322 g/mol. The Morgan fingerprint density at radius 3 is 2.36 bits per heavy atom. The van der Waals surface area contributed by atoms with Gasteiger partial charge in [-0.3, -0.25) is 19.7 Å². The van der Waals surface area contributed by atoms with Crippen LogP contribution in [0.3, 0.4) is 0 Å². The number of benzene rings is 2. The highest BCUT2D eigenvalue weighted by atomic mass is 16.6. The second kappa shape index (κ2) is 8.05. The van der Waals surface area contributed by atoms with Gasteiger partial charge in [0.05, 0.1) is 4.92 Å². The van der Waals surface area contributed by atoms with Gasteiger partial charge in [-0.1, -0.05) is 13.0 Å². The third kappa shape index (κ3) is 4.41. The Balaban J connectivity index is 2.19. The molecule has 0 bridgehead atoms. The zero-order chi connectivity index (χ0) is 18.4. The molecule has 1 N–H and O–H groups in total. The van der Waals surface area contributed by atoms with Gasteiger partial charge in [-0.15, -0.1) is 0 Å². The molecule has 0 atom stereocenters. The van der Waals surface area contributed by atoms with E-state index in [1.165, 1.54) is 35.2 Å². The third-order valence-corrected chi connectivity index (χ3v) is 3.66. The minimum absolute atomic E-state index is 0.0424. The molecule has 25 heavy (non-hydrogen) atoms. The highest BCUT2D eigenvalue weighted by Gasteiger charge is 2.16. The van der Waals surface area contributed by atoms with E-state index in [0.717, 1.165) is 6.42 Å². The molecular formula is C18H19N3O4. The van der Waals surface area contributed by atoms with Crippen molar-refractivity contribution < 1.29 is 14.5 Å². The first-order chi connectivity index (χ1) is 11.9. The van der Waals surface area contributed by atoms with Crippen molar-refractivity contribution in [2.75, 3.05) is 18.5 Å². The molecule has 0 aliphatic rings. The van der Waals surface area contributed by atoms with E-state index in [1.807, 2.05) is 6.92 Å². The predicted molar refractivity (Wildman–Crippen MR) is 94.9 cm³/mol. The number of nitro groups is 1. The van der Waals surface area contributed by atoms with E-state index in [1.54, 1.807) is 25.2 Å². The summed E-state index contributed by atoms with van der Waals surface area (Å²) in [5.74, 6) is -0.534. The summed E-state index contributed by atoms with van der Waals surface area (Å²) in [5, 5.41) is 13.5. The topological polar surface area (TPSA) is 92.6 Å². The van der Waals surface area contributed by atoms with E-state index < -0.39 is 4.92 Å². The smallest absolute Gasteiger partial charge is 0.269 e. The number of carbonyl (C=O) groups excluding carboxylic acids is 2. The Bertz CT molecular complexity index is 787. The molecule has 0 aromatic heterocycles. The third-order valence-electron chi connectivity index (χ3n) is 3.66. The highest BCUT2D eigenvalue weighted by molar-refractivity contribution is 6.07. The van der Waals surface area contributed by atoms with Crippen molar-refractivity contribution in [2.24, 2.45) is 0 Å². The molecule has 0 heterocycles. The summed E-state index contributed by atoms with van der Waals surface area (Å²) in [6.07, 6.45) is 0.827. The second-order valence-electron chi connectivity index (χ2n) is 5.47. The van der Waals surface area contributed by atoms with Gasteiger partial charge >= 0.3 is 0 Å². The molecule has 2 aromatic carbocycles. The Kier molecular flexibility index (Phi) is 5.84. The predicted octanol–water partition coefficient (Wildman–Crippen LogP) is 3.01. The lowest BCUT2D eigenvalue weighted by Crippen LogP contribution is -2.27. The van der Waals surface area contributed by atoms with Crippen LogP contribution < -0.4 is 10.2 Å². The minimum Gasteiger partial charge on any atom is -0.352 e. The molecule has 0 radical (unpaired) electrons. The van der Waals surface area contributed by atoms with Gasteiger partial charge in [-0.05, 0) is 36.8 Å². The minimum atomic E-state index is -0.496. The van der Waals surface area contributed by atoms with Gasteiger partial charge in [0.15, 0.2) is 0 Å². The molecule has 7 nitrogen and oxygen atoms in total. The Labute approximate surface area is 145 Å². The first kappa shape index (κ1) is 18.1. The largest absolute Gasteiger partial charge is 0.352 e. The van der Waals surface area contributed by atoms with E-state index >= 15 is 0 Å². The lowest BCUT2D eigenvalue weighted by atomic mass is 10.1. The van der Waals surface area contributed by atoms with Gasteiger partial charge in [-0.25, -0.2) is 0 Å². The number of anilines is 1. The SMILES string of the molecule is CCCNC(=O)c1cccc(C(=O)N(C)c2ccc([N+](=O)[O-])cc2)c1. The van der Waals surface area contributed by atoms with Crippen LogP contribution in [0.1, 0.15) is 34.1 Å². The van der Waals surface area contributed by atoms with Crippen LogP contribution in [-0.2, 0) is 0 Å². The van der Waals surface area contributed by atoms with Crippen LogP contribution >= 0.6 is 0 Å². The quantitative estimate of drug-likeness (QED) is 0.645. The maximum Gasteiger partial charge on any atom is 0.269 e. The summed E-state index contributed by atoms with van der Waals surface area (Å²) in [5.41, 5.74) is 1.26. The van der Waals surface area contributed by atoms with Crippen molar-refractivity contribution in [3.8, 4) is 0 Å². The second-order valence-corrected chi connectivity index (χ2v) is 5.47. The fourth-order valence-electron chi connectivity index (χ4n) is 2.24. The van der Waals surface area contributed by atoms with Crippen LogP contribution in [0.25, 0.3) is 0 Å². The van der Waals surface area contributed by atoms with Crippen LogP contribution in [-0.4, -0.2) is 30.3 Å². The zero-order valence-corrected chi connectivity index (χ0v) is 14.1. The van der Waals surface area contributed by atoms with E-state index in [0.29, 0.717) is 23.4 Å². The van der Waals surface area contributed by atoms with Gasteiger partial charge < -0.3 is 10.2 Å². The van der Waals surface area contributed by atoms with E-state index in [2.05, 4.69) is 5.32 Å². The molecule has 0 saturated heterocycles. The summed E-state index contributed by atoms with van der Waals surface area (Å²) in [7, 11) is 1.58. The Morgan fingerprint density at radius 2 is 1.76 bits per heavy atom.